The van der Waals surface area contributed by atoms with Gasteiger partial charge in [-0.25, -0.2) is 4.79 Å². The van der Waals surface area contributed by atoms with E-state index in [1.165, 1.54) is 17.7 Å². The Labute approximate surface area is 118 Å². The lowest BCUT2D eigenvalue weighted by atomic mass is 10.1. The first-order valence-electron chi connectivity index (χ1n) is 6.23. The van der Waals surface area contributed by atoms with Crippen LogP contribution in [-0.4, -0.2) is 33.2 Å². The summed E-state index contributed by atoms with van der Waals surface area (Å²) in [7, 11) is 3.19. The molecule has 0 aromatic carbocycles. The summed E-state index contributed by atoms with van der Waals surface area (Å²) in [5, 5.41) is 0. The number of halogens is 1. The Balaban J connectivity index is 0.00000180. The van der Waals surface area contributed by atoms with Crippen LogP contribution in [-0.2, 0) is 20.6 Å². The van der Waals surface area contributed by atoms with Crippen molar-refractivity contribution in [3.63, 3.8) is 0 Å². The topological polar surface area (TPSA) is 73.3 Å². The van der Waals surface area contributed by atoms with Crippen LogP contribution in [0, 0.1) is 0 Å². The Morgan fingerprint density at radius 1 is 1.32 bits per heavy atom. The van der Waals surface area contributed by atoms with E-state index in [1.54, 1.807) is 7.05 Å². The number of nitrogens with two attached hydrogens (primary N) is 1. The molecule has 19 heavy (non-hydrogen) atoms. The quantitative estimate of drug-likeness (QED) is 0.791. The van der Waals surface area contributed by atoms with Crippen LogP contribution in [0.25, 0.3) is 0 Å². The fourth-order valence-electron chi connectivity index (χ4n) is 2.39. The summed E-state index contributed by atoms with van der Waals surface area (Å²) in [6.07, 6.45) is 2.12. The molecule has 108 valence electrons. The molecule has 0 aliphatic carbocycles. The molecule has 0 unspecified atom stereocenters. The van der Waals surface area contributed by atoms with Crippen LogP contribution in [0.4, 0.5) is 0 Å². The van der Waals surface area contributed by atoms with Crippen molar-refractivity contribution in [2.45, 2.75) is 25.4 Å². The average molecular weight is 289 g/mol. The molecular formula is C12H21ClN4O2. The van der Waals surface area contributed by atoms with Gasteiger partial charge in [0.2, 0.25) is 0 Å². The molecule has 0 bridgehead atoms. The second-order valence-electron chi connectivity index (χ2n) is 5.01. The number of rotatable bonds is 2. The van der Waals surface area contributed by atoms with Gasteiger partial charge >= 0.3 is 5.69 Å². The summed E-state index contributed by atoms with van der Waals surface area (Å²) in [5.74, 6) is 0. The van der Waals surface area contributed by atoms with Crippen LogP contribution >= 0.6 is 12.4 Å². The van der Waals surface area contributed by atoms with Crippen molar-refractivity contribution in [2.75, 3.05) is 13.1 Å². The Morgan fingerprint density at radius 2 is 2.00 bits per heavy atom. The van der Waals surface area contributed by atoms with Crippen molar-refractivity contribution >= 4 is 12.4 Å². The lowest BCUT2D eigenvalue weighted by Gasteiger charge is -2.30. The minimum atomic E-state index is -0.279. The van der Waals surface area contributed by atoms with E-state index < -0.39 is 0 Å². The van der Waals surface area contributed by atoms with E-state index in [0.29, 0.717) is 6.54 Å². The fraction of sp³-hybridized carbons (Fsp3) is 0.667. The summed E-state index contributed by atoms with van der Waals surface area (Å²) in [5.41, 5.74) is 6.14. The molecule has 1 saturated heterocycles. The van der Waals surface area contributed by atoms with Gasteiger partial charge in [-0.15, -0.1) is 12.4 Å². The molecule has 0 saturated carbocycles. The highest BCUT2D eigenvalue weighted by atomic mass is 35.5. The minimum absolute atomic E-state index is 0. The standard InChI is InChI=1S/C12H20N4O2.ClH/c1-14-10(6-11(17)15(2)12(14)18)8-16-5-3-4-9(13)7-16;/h6,9H,3-5,7-8,13H2,1-2H3;1H/t9-;/m1./s1. The number of likely N-dealkylation sites (tertiary alicyclic amines) is 1. The van der Waals surface area contributed by atoms with Crippen molar-refractivity contribution in [3.05, 3.63) is 32.6 Å². The van der Waals surface area contributed by atoms with E-state index in [2.05, 4.69) is 4.90 Å². The van der Waals surface area contributed by atoms with Gasteiger partial charge in [-0.3, -0.25) is 18.8 Å². The molecule has 0 amide bonds. The van der Waals surface area contributed by atoms with Crippen LogP contribution in [0.1, 0.15) is 18.5 Å². The van der Waals surface area contributed by atoms with Crippen molar-refractivity contribution in [1.82, 2.24) is 14.0 Å². The zero-order valence-corrected chi connectivity index (χ0v) is 12.2. The highest BCUT2D eigenvalue weighted by Gasteiger charge is 2.18. The Hall–Kier alpha value is -1.11. The Morgan fingerprint density at radius 3 is 2.63 bits per heavy atom. The largest absolute Gasteiger partial charge is 0.330 e. The molecule has 0 radical (unpaired) electrons. The molecule has 6 nitrogen and oxygen atoms in total. The van der Waals surface area contributed by atoms with Gasteiger partial charge in [-0.2, -0.15) is 0 Å². The van der Waals surface area contributed by atoms with Gasteiger partial charge in [0.05, 0.1) is 0 Å². The number of hydrogen-bond acceptors (Lipinski definition) is 4. The van der Waals surface area contributed by atoms with Crippen molar-refractivity contribution in [3.8, 4) is 0 Å². The molecule has 1 atom stereocenters. The van der Waals surface area contributed by atoms with Crippen molar-refractivity contribution in [2.24, 2.45) is 19.8 Å². The molecule has 2 N–H and O–H groups in total. The van der Waals surface area contributed by atoms with Crippen molar-refractivity contribution < 1.29 is 0 Å². The monoisotopic (exact) mass is 288 g/mol. The molecule has 2 rings (SSSR count). The zero-order chi connectivity index (χ0) is 13.3. The molecule has 2 heterocycles. The van der Waals surface area contributed by atoms with E-state index >= 15 is 0 Å². The van der Waals surface area contributed by atoms with Crippen LogP contribution in [0.5, 0.6) is 0 Å². The second kappa shape index (κ2) is 6.36. The first kappa shape index (κ1) is 15.9. The Bertz CT molecular complexity index is 552. The van der Waals surface area contributed by atoms with E-state index in [9.17, 15) is 9.59 Å². The number of piperidine rings is 1. The third-order valence-corrected chi connectivity index (χ3v) is 3.55. The summed E-state index contributed by atoms with van der Waals surface area (Å²) in [6.45, 7) is 2.40. The molecular weight excluding hydrogens is 268 g/mol. The highest BCUT2D eigenvalue weighted by Crippen LogP contribution is 2.10. The second-order valence-corrected chi connectivity index (χ2v) is 5.01. The van der Waals surface area contributed by atoms with E-state index in [4.69, 9.17) is 5.73 Å². The molecule has 1 aliphatic heterocycles. The smallest absolute Gasteiger partial charge is 0.327 e. The number of nitrogens with zero attached hydrogens (tertiary/aromatic N) is 3. The summed E-state index contributed by atoms with van der Waals surface area (Å²) < 4.78 is 2.65. The predicted molar refractivity (Wildman–Crippen MR) is 76.7 cm³/mol. The van der Waals surface area contributed by atoms with Crippen LogP contribution in [0.3, 0.4) is 0 Å². The van der Waals surface area contributed by atoms with Gasteiger partial charge in [0.25, 0.3) is 5.56 Å². The summed E-state index contributed by atoms with van der Waals surface area (Å²) >= 11 is 0. The first-order valence-corrected chi connectivity index (χ1v) is 6.23. The maximum absolute atomic E-state index is 11.8. The average Bonchev–Trinajstić information content (AvgIpc) is 2.33. The molecule has 1 aromatic rings. The SMILES string of the molecule is Cl.Cn1c(CN2CCC[C@@H](N)C2)cc(=O)n(C)c1=O. The fourth-order valence-corrected chi connectivity index (χ4v) is 2.39. The molecule has 1 aromatic heterocycles. The van der Waals surface area contributed by atoms with Gasteiger partial charge < -0.3 is 5.73 Å². The number of hydrogen-bond donors (Lipinski definition) is 1. The van der Waals surface area contributed by atoms with Gasteiger partial charge in [-0.05, 0) is 19.4 Å². The molecule has 7 heteroatoms. The normalized spacial score (nSPS) is 20.1. The van der Waals surface area contributed by atoms with E-state index in [1.807, 2.05) is 0 Å². The maximum Gasteiger partial charge on any atom is 0.330 e. The van der Waals surface area contributed by atoms with Crippen molar-refractivity contribution in [1.29, 1.82) is 0 Å². The molecule has 0 spiro atoms. The maximum atomic E-state index is 11.8. The first-order chi connectivity index (χ1) is 8.49. The molecule has 1 fully saturated rings. The highest BCUT2D eigenvalue weighted by molar-refractivity contribution is 5.85. The van der Waals surface area contributed by atoms with E-state index in [-0.39, 0.29) is 29.7 Å². The van der Waals surface area contributed by atoms with Crippen LogP contribution in [0.2, 0.25) is 0 Å². The van der Waals surface area contributed by atoms with Gasteiger partial charge in [0.15, 0.2) is 0 Å². The van der Waals surface area contributed by atoms with Crippen LogP contribution in [0.15, 0.2) is 15.7 Å². The number of aromatic nitrogens is 2. The Kier molecular flexibility index (Phi) is 5.34. The minimum Gasteiger partial charge on any atom is -0.327 e. The van der Waals surface area contributed by atoms with E-state index in [0.717, 1.165) is 36.2 Å². The van der Waals surface area contributed by atoms with Crippen LogP contribution < -0.4 is 17.0 Å². The van der Waals surface area contributed by atoms with Gasteiger partial charge in [-0.1, -0.05) is 0 Å². The zero-order valence-electron chi connectivity index (χ0n) is 11.3. The lowest BCUT2D eigenvalue weighted by Crippen LogP contribution is -2.44. The molecule has 1 aliphatic rings. The van der Waals surface area contributed by atoms with Gasteiger partial charge in [0.1, 0.15) is 0 Å². The lowest BCUT2D eigenvalue weighted by molar-refractivity contribution is 0.196. The summed E-state index contributed by atoms with van der Waals surface area (Å²) in [4.78, 5) is 25.6. The summed E-state index contributed by atoms with van der Waals surface area (Å²) in [6, 6.07) is 1.73. The third-order valence-electron chi connectivity index (χ3n) is 3.55. The third kappa shape index (κ3) is 3.46. The van der Waals surface area contributed by atoms with Gasteiger partial charge in [0, 0.05) is 45.0 Å². The predicted octanol–water partition coefficient (Wildman–Crippen LogP) is -0.571.